The van der Waals surface area contributed by atoms with Crippen molar-refractivity contribution in [2.24, 2.45) is 0 Å². The van der Waals surface area contributed by atoms with E-state index >= 15 is 0 Å². The normalized spacial score (nSPS) is 10.6. The first-order valence-corrected chi connectivity index (χ1v) is 14.4. The first-order chi connectivity index (χ1) is 21.0. The second-order valence-electron chi connectivity index (χ2n) is 10.0. The van der Waals surface area contributed by atoms with Gasteiger partial charge in [-0.2, -0.15) is 0 Å². The molecule has 4 amide bonds. The van der Waals surface area contributed by atoms with E-state index in [2.05, 4.69) is 21.3 Å². The summed E-state index contributed by atoms with van der Waals surface area (Å²) in [5.41, 5.74) is 2.05. The van der Waals surface area contributed by atoms with Crippen LogP contribution in [-0.4, -0.2) is 23.6 Å². The van der Waals surface area contributed by atoms with Crippen LogP contribution < -0.4 is 21.3 Å². The molecule has 0 aliphatic carbocycles. The van der Waals surface area contributed by atoms with Gasteiger partial charge in [0.2, 0.25) is 11.8 Å². The molecular formula is C33H36N4O6. The fourth-order valence-corrected chi connectivity index (χ4v) is 4.39. The Morgan fingerprint density at radius 1 is 0.535 bits per heavy atom. The Morgan fingerprint density at radius 3 is 1.40 bits per heavy atom. The van der Waals surface area contributed by atoms with Gasteiger partial charge < -0.3 is 30.1 Å². The maximum Gasteiger partial charge on any atom is 0.251 e. The van der Waals surface area contributed by atoms with Crippen molar-refractivity contribution in [2.45, 2.75) is 58.0 Å². The van der Waals surface area contributed by atoms with E-state index < -0.39 is 0 Å². The number of hydrogen-bond donors (Lipinski definition) is 4. The second kappa shape index (κ2) is 16.4. The van der Waals surface area contributed by atoms with Gasteiger partial charge in [0.05, 0.1) is 25.6 Å². The lowest BCUT2D eigenvalue weighted by Gasteiger charge is -2.09. The van der Waals surface area contributed by atoms with E-state index in [9.17, 15) is 19.2 Å². The number of anilines is 2. The predicted molar refractivity (Wildman–Crippen MR) is 162 cm³/mol. The first kappa shape index (κ1) is 30.8. The molecule has 0 radical (unpaired) electrons. The Labute approximate surface area is 250 Å². The molecule has 224 valence electrons. The summed E-state index contributed by atoms with van der Waals surface area (Å²) in [4.78, 5) is 49.5. The molecule has 0 atom stereocenters. The van der Waals surface area contributed by atoms with Crippen molar-refractivity contribution < 1.29 is 28.0 Å². The molecule has 2 aromatic heterocycles. The number of benzene rings is 2. The molecule has 0 aliphatic rings. The van der Waals surface area contributed by atoms with Crippen LogP contribution in [-0.2, 0) is 22.7 Å². The lowest BCUT2D eigenvalue weighted by molar-refractivity contribution is -0.117. The molecule has 0 unspecified atom stereocenters. The number of furan rings is 2. The van der Waals surface area contributed by atoms with E-state index in [1.165, 1.54) is 0 Å². The molecule has 10 heteroatoms. The molecule has 0 bridgehead atoms. The third-order valence-corrected chi connectivity index (χ3v) is 6.63. The summed E-state index contributed by atoms with van der Waals surface area (Å²) in [6.07, 6.45) is 7.98. The first-order valence-electron chi connectivity index (χ1n) is 14.4. The van der Waals surface area contributed by atoms with Crippen LogP contribution in [0.15, 0.2) is 94.2 Å². The summed E-state index contributed by atoms with van der Waals surface area (Å²) >= 11 is 0. The number of hydrogen-bond acceptors (Lipinski definition) is 6. The Kier molecular flexibility index (Phi) is 11.7. The average molecular weight is 585 g/mol. The molecule has 0 saturated carbocycles. The number of unbranched alkanes of at least 4 members (excludes halogenated alkanes) is 4. The minimum absolute atomic E-state index is 0.107. The van der Waals surface area contributed by atoms with Crippen LogP contribution in [0.5, 0.6) is 0 Å². The van der Waals surface area contributed by atoms with Crippen molar-refractivity contribution in [3.05, 3.63) is 108 Å². The quantitative estimate of drug-likeness (QED) is 0.118. The Bertz CT molecular complexity index is 1370. The van der Waals surface area contributed by atoms with Crippen molar-refractivity contribution in [2.75, 3.05) is 10.6 Å². The predicted octanol–water partition coefficient (Wildman–Crippen LogP) is 6.04. The van der Waals surface area contributed by atoms with Crippen LogP contribution in [0, 0.1) is 0 Å². The molecule has 0 aliphatic heterocycles. The molecule has 0 fully saturated rings. The number of rotatable bonds is 16. The molecular weight excluding hydrogens is 548 g/mol. The van der Waals surface area contributed by atoms with E-state index in [0.29, 0.717) is 46.9 Å². The highest BCUT2D eigenvalue weighted by Crippen LogP contribution is 2.15. The van der Waals surface area contributed by atoms with Crippen molar-refractivity contribution in [1.29, 1.82) is 0 Å². The fraction of sp³-hybridized carbons (Fsp3) is 0.273. The summed E-state index contributed by atoms with van der Waals surface area (Å²) in [5.74, 6) is 0.604. The maximum atomic E-state index is 12.4. The summed E-state index contributed by atoms with van der Waals surface area (Å²) in [5, 5.41) is 11.3. The fourth-order valence-electron chi connectivity index (χ4n) is 4.39. The monoisotopic (exact) mass is 584 g/mol. The number of carbonyl (C=O) groups excluding carboxylic acids is 4. The van der Waals surface area contributed by atoms with Gasteiger partial charge in [0.25, 0.3) is 11.8 Å². The van der Waals surface area contributed by atoms with Gasteiger partial charge in [0.1, 0.15) is 11.5 Å². The summed E-state index contributed by atoms with van der Waals surface area (Å²) in [7, 11) is 0. The number of amides is 4. The zero-order valence-corrected chi connectivity index (χ0v) is 23.9. The minimum atomic E-state index is -0.251. The minimum Gasteiger partial charge on any atom is -0.467 e. The summed E-state index contributed by atoms with van der Waals surface area (Å²) in [6, 6.07) is 20.7. The second-order valence-corrected chi connectivity index (χ2v) is 10.0. The zero-order valence-electron chi connectivity index (χ0n) is 23.9. The van der Waals surface area contributed by atoms with E-state index in [1.807, 2.05) is 0 Å². The van der Waals surface area contributed by atoms with Crippen LogP contribution >= 0.6 is 0 Å². The van der Waals surface area contributed by atoms with Crippen molar-refractivity contribution in [1.82, 2.24) is 10.6 Å². The van der Waals surface area contributed by atoms with Crippen molar-refractivity contribution >= 4 is 35.0 Å². The van der Waals surface area contributed by atoms with E-state index in [-0.39, 0.29) is 36.7 Å². The van der Waals surface area contributed by atoms with Gasteiger partial charge in [-0.1, -0.05) is 31.4 Å². The van der Waals surface area contributed by atoms with Gasteiger partial charge in [0.15, 0.2) is 0 Å². The Morgan fingerprint density at radius 2 is 0.977 bits per heavy atom. The Hall–Kier alpha value is -5.12. The van der Waals surface area contributed by atoms with Crippen LogP contribution in [0.4, 0.5) is 11.4 Å². The number of carbonyl (C=O) groups is 4. The smallest absolute Gasteiger partial charge is 0.251 e. The largest absolute Gasteiger partial charge is 0.467 e. The van der Waals surface area contributed by atoms with Gasteiger partial charge in [-0.3, -0.25) is 19.2 Å². The van der Waals surface area contributed by atoms with Crippen LogP contribution in [0.2, 0.25) is 0 Å². The third kappa shape index (κ3) is 10.7. The summed E-state index contributed by atoms with van der Waals surface area (Å²) < 4.78 is 10.4. The molecule has 10 nitrogen and oxygen atoms in total. The highest BCUT2D eigenvalue weighted by Gasteiger charge is 2.10. The molecule has 0 spiro atoms. The topological polar surface area (TPSA) is 143 Å². The SMILES string of the molecule is O=C(CCCCCCCC(=O)Nc1cccc(C(=O)NCc2ccco2)c1)Nc1cccc(C(=O)NCc2ccco2)c1. The van der Waals surface area contributed by atoms with Crippen LogP contribution in [0.3, 0.4) is 0 Å². The van der Waals surface area contributed by atoms with E-state index in [0.717, 1.165) is 32.1 Å². The zero-order chi connectivity index (χ0) is 30.3. The molecule has 43 heavy (non-hydrogen) atoms. The molecule has 0 saturated heterocycles. The lowest BCUT2D eigenvalue weighted by Crippen LogP contribution is -2.22. The van der Waals surface area contributed by atoms with Crippen LogP contribution in [0.25, 0.3) is 0 Å². The highest BCUT2D eigenvalue weighted by molar-refractivity contribution is 5.98. The van der Waals surface area contributed by atoms with Crippen molar-refractivity contribution in [3.63, 3.8) is 0 Å². The standard InChI is InChI=1S/C33H36N4O6/c38-30(36-26-12-6-10-24(20-26)32(40)34-22-28-14-8-18-42-28)16-4-2-1-3-5-17-31(39)37-27-13-7-11-25(21-27)33(41)35-23-29-15-9-19-43-29/h6-15,18-21H,1-5,16-17,22-23H2,(H,34,40)(H,35,41)(H,36,38)(H,37,39). The van der Waals surface area contributed by atoms with Gasteiger partial charge in [0, 0.05) is 35.3 Å². The molecule has 2 aromatic carbocycles. The average Bonchev–Trinajstić information content (AvgIpc) is 3.73. The van der Waals surface area contributed by atoms with Gasteiger partial charge in [-0.25, -0.2) is 0 Å². The summed E-state index contributed by atoms with van der Waals surface area (Å²) in [6.45, 7) is 0.574. The third-order valence-electron chi connectivity index (χ3n) is 6.63. The van der Waals surface area contributed by atoms with Gasteiger partial charge in [-0.15, -0.1) is 0 Å². The van der Waals surface area contributed by atoms with E-state index in [4.69, 9.17) is 8.83 Å². The van der Waals surface area contributed by atoms with Gasteiger partial charge >= 0.3 is 0 Å². The molecule has 2 heterocycles. The lowest BCUT2D eigenvalue weighted by atomic mass is 10.1. The maximum absolute atomic E-state index is 12.4. The van der Waals surface area contributed by atoms with Gasteiger partial charge in [-0.05, 0) is 73.5 Å². The van der Waals surface area contributed by atoms with E-state index in [1.54, 1.807) is 85.3 Å². The highest BCUT2D eigenvalue weighted by atomic mass is 16.3. The van der Waals surface area contributed by atoms with Crippen molar-refractivity contribution in [3.8, 4) is 0 Å². The molecule has 4 rings (SSSR count). The molecule has 4 aromatic rings. The Balaban J connectivity index is 1.06. The van der Waals surface area contributed by atoms with Crippen LogP contribution in [0.1, 0.15) is 77.2 Å². The molecule has 4 N–H and O–H groups in total. The number of nitrogens with one attached hydrogen (secondary N) is 4.